The van der Waals surface area contributed by atoms with E-state index in [9.17, 15) is 0 Å². The number of benzene rings is 1. The molecule has 0 atom stereocenters. The number of nitrogens with zero attached hydrogens (tertiary/aromatic N) is 2. The lowest BCUT2D eigenvalue weighted by Gasteiger charge is -2.15. The molecular formula is C15H20N4O2. The fourth-order valence-electron chi connectivity index (χ4n) is 1.90. The molecule has 0 fully saturated rings. The molecule has 2 rings (SSSR count). The molecule has 0 saturated carbocycles. The smallest absolute Gasteiger partial charge is 0.142 e. The van der Waals surface area contributed by atoms with Gasteiger partial charge in [0, 0.05) is 18.1 Å². The molecule has 0 radical (unpaired) electrons. The number of rotatable bonds is 5. The van der Waals surface area contributed by atoms with Crippen molar-refractivity contribution in [2.75, 3.05) is 25.3 Å². The Morgan fingerprint density at radius 1 is 1.19 bits per heavy atom. The van der Waals surface area contributed by atoms with Crippen molar-refractivity contribution in [2.45, 2.75) is 20.3 Å². The third-order valence-electron chi connectivity index (χ3n) is 3.21. The Bertz CT molecular complexity index is 644. The van der Waals surface area contributed by atoms with E-state index in [1.807, 2.05) is 32.0 Å². The molecule has 2 aromatic rings. The second kappa shape index (κ2) is 6.30. The van der Waals surface area contributed by atoms with Crippen molar-refractivity contribution in [2.24, 2.45) is 0 Å². The normalized spacial score (nSPS) is 10.3. The number of aryl methyl sites for hydroxylation is 1. The monoisotopic (exact) mass is 288 g/mol. The highest BCUT2D eigenvalue weighted by Gasteiger charge is 2.11. The number of anilines is 3. The molecule has 6 heteroatoms. The Labute approximate surface area is 124 Å². The lowest BCUT2D eigenvalue weighted by atomic mass is 10.2. The van der Waals surface area contributed by atoms with Gasteiger partial charge in [-0.15, -0.1) is 0 Å². The number of hydrogen-bond acceptors (Lipinski definition) is 6. The van der Waals surface area contributed by atoms with E-state index in [4.69, 9.17) is 15.2 Å². The molecule has 0 spiro atoms. The molecule has 6 nitrogen and oxygen atoms in total. The van der Waals surface area contributed by atoms with E-state index in [2.05, 4.69) is 15.3 Å². The number of methoxy groups -OCH3 is 2. The quantitative estimate of drug-likeness (QED) is 0.880. The predicted molar refractivity (Wildman–Crippen MR) is 83.4 cm³/mol. The van der Waals surface area contributed by atoms with Crippen LogP contribution in [0.1, 0.15) is 18.3 Å². The van der Waals surface area contributed by atoms with Crippen LogP contribution in [0.3, 0.4) is 0 Å². The SMILES string of the molecule is CCc1nc(N)c(C)c(Nc2cc(OC)ccc2OC)n1. The van der Waals surface area contributed by atoms with Gasteiger partial charge in [0.1, 0.15) is 29.0 Å². The van der Waals surface area contributed by atoms with E-state index in [-0.39, 0.29) is 0 Å². The molecule has 3 N–H and O–H groups in total. The summed E-state index contributed by atoms with van der Waals surface area (Å²) in [6.07, 6.45) is 0.717. The van der Waals surface area contributed by atoms with Gasteiger partial charge in [-0.2, -0.15) is 0 Å². The van der Waals surface area contributed by atoms with Crippen LogP contribution in [-0.4, -0.2) is 24.2 Å². The number of aromatic nitrogens is 2. The first kappa shape index (κ1) is 14.9. The zero-order valence-electron chi connectivity index (χ0n) is 12.7. The summed E-state index contributed by atoms with van der Waals surface area (Å²) >= 11 is 0. The van der Waals surface area contributed by atoms with Gasteiger partial charge in [0.15, 0.2) is 0 Å². The molecular weight excluding hydrogens is 268 g/mol. The summed E-state index contributed by atoms with van der Waals surface area (Å²) < 4.78 is 10.6. The van der Waals surface area contributed by atoms with E-state index < -0.39 is 0 Å². The average Bonchev–Trinajstić information content (AvgIpc) is 2.51. The Kier molecular flexibility index (Phi) is 4.47. The van der Waals surface area contributed by atoms with Crippen molar-refractivity contribution in [1.29, 1.82) is 0 Å². The van der Waals surface area contributed by atoms with Crippen LogP contribution >= 0.6 is 0 Å². The Balaban J connectivity index is 2.44. The van der Waals surface area contributed by atoms with Crippen molar-refractivity contribution in [3.05, 3.63) is 29.6 Å². The molecule has 1 aromatic carbocycles. The highest BCUT2D eigenvalue weighted by Crippen LogP contribution is 2.32. The van der Waals surface area contributed by atoms with Crippen molar-refractivity contribution in [1.82, 2.24) is 9.97 Å². The molecule has 21 heavy (non-hydrogen) atoms. The first-order chi connectivity index (χ1) is 10.1. The molecule has 1 heterocycles. The summed E-state index contributed by atoms with van der Waals surface area (Å²) in [5.74, 6) is 3.28. The summed E-state index contributed by atoms with van der Waals surface area (Å²) in [7, 11) is 3.24. The van der Waals surface area contributed by atoms with Crippen LogP contribution < -0.4 is 20.5 Å². The highest BCUT2D eigenvalue weighted by atomic mass is 16.5. The fourth-order valence-corrected chi connectivity index (χ4v) is 1.90. The Morgan fingerprint density at radius 3 is 2.57 bits per heavy atom. The van der Waals surface area contributed by atoms with Crippen LogP contribution in [0, 0.1) is 6.92 Å². The standard InChI is InChI=1S/C15H20N4O2/c1-5-13-18-14(16)9(2)15(19-13)17-11-8-10(20-3)6-7-12(11)21-4/h6-8H,5H2,1-4H3,(H3,16,17,18,19). The molecule has 0 aliphatic rings. The van der Waals surface area contributed by atoms with E-state index >= 15 is 0 Å². The van der Waals surface area contributed by atoms with Gasteiger partial charge in [-0.25, -0.2) is 9.97 Å². The molecule has 0 aliphatic carbocycles. The van der Waals surface area contributed by atoms with Gasteiger partial charge in [-0.1, -0.05) is 6.92 Å². The highest BCUT2D eigenvalue weighted by molar-refractivity contribution is 5.69. The zero-order valence-corrected chi connectivity index (χ0v) is 12.7. The maximum Gasteiger partial charge on any atom is 0.142 e. The van der Waals surface area contributed by atoms with Crippen LogP contribution in [0.5, 0.6) is 11.5 Å². The van der Waals surface area contributed by atoms with Gasteiger partial charge in [-0.05, 0) is 19.1 Å². The van der Waals surface area contributed by atoms with Crippen LogP contribution in [-0.2, 0) is 6.42 Å². The Morgan fingerprint density at radius 2 is 1.95 bits per heavy atom. The maximum absolute atomic E-state index is 5.93. The van der Waals surface area contributed by atoms with Gasteiger partial charge in [0.25, 0.3) is 0 Å². The van der Waals surface area contributed by atoms with Crippen molar-refractivity contribution in [3.63, 3.8) is 0 Å². The number of hydrogen-bond donors (Lipinski definition) is 2. The van der Waals surface area contributed by atoms with Gasteiger partial charge in [0.2, 0.25) is 0 Å². The van der Waals surface area contributed by atoms with Gasteiger partial charge >= 0.3 is 0 Å². The molecule has 0 aliphatic heterocycles. The summed E-state index contributed by atoms with van der Waals surface area (Å²) in [5, 5.41) is 3.25. The van der Waals surface area contributed by atoms with E-state index in [0.29, 0.717) is 29.6 Å². The van der Waals surface area contributed by atoms with Crippen molar-refractivity contribution in [3.8, 4) is 11.5 Å². The number of nitrogens with two attached hydrogens (primary N) is 1. The minimum atomic E-state index is 0.478. The molecule has 0 bridgehead atoms. The van der Waals surface area contributed by atoms with Crippen LogP contribution in [0.2, 0.25) is 0 Å². The van der Waals surface area contributed by atoms with Crippen molar-refractivity contribution < 1.29 is 9.47 Å². The topological polar surface area (TPSA) is 82.3 Å². The molecule has 0 saturated heterocycles. The summed E-state index contributed by atoms with van der Waals surface area (Å²) in [6, 6.07) is 5.52. The Hall–Kier alpha value is -2.50. The van der Waals surface area contributed by atoms with Gasteiger partial charge in [0.05, 0.1) is 19.9 Å². The second-order valence-corrected chi connectivity index (χ2v) is 4.54. The third kappa shape index (κ3) is 3.16. The summed E-state index contributed by atoms with van der Waals surface area (Å²) in [5.41, 5.74) is 7.50. The van der Waals surface area contributed by atoms with Gasteiger partial charge < -0.3 is 20.5 Å². The zero-order chi connectivity index (χ0) is 15.4. The lowest BCUT2D eigenvalue weighted by Crippen LogP contribution is -2.07. The van der Waals surface area contributed by atoms with Gasteiger partial charge in [-0.3, -0.25) is 0 Å². The largest absolute Gasteiger partial charge is 0.497 e. The first-order valence-corrected chi connectivity index (χ1v) is 6.71. The predicted octanol–water partition coefficient (Wildman–Crippen LogP) is 2.69. The fraction of sp³-hybridized carbons (Fsp3) is 0.333. The number of nitrogen functional groups attached to an aromatic ring is 1. The average molecular weight is 288 g/mol. The molecule has 112 valence electrons. The summed E-state index contributed by atoms with van der Waals surface area (Å²) in [6.45, 7) is 3.86. The number of ether oxygens (including phenoxy) is 2. The van der Waals surface area contributed by atoms with E-state index in [1.54, 1.807) is 14.2 Å². The molecule has 1 aromatic heterocycles. The van der Waals surface area contributed by atoms with E-state index in [0.717, 1.165) is 17.0 Å². The van der Waals surface area contributed by atoms with Crippen molar-refractivity contribution >= 4 is 17.3 Å². The van der Waals surface area contributed by atoms with Crippen LogP contribution in [0.15, 0.2) is 18.2 Å². The molecule has 0 unspecified atom stereocenters. The second-order valence-electron chi connectivity index (χ2n) is 4.54. The lowest BCUT2D eigenvalue weighted by molar-refractivity contribution is 0.405. The molecule has 0 amide bonds. The first-order valence-electron chi connectivity index (χ1n) is 6.71. The van der Waals surface area contributed by atoms with E-state index in [1.165, 1.54) is 0 Å². The summed E-state index contributed by atoms with van der Waals surface area (Å²) in [4.78, 5) is 8.72. The maximum atomic E-state index is 5.93. The third-order valence-corrected chi connectivity index (χ3v) is 3.21. The van der Waals surface area contributed by atoms with Crippen LogP contribution in [0.25, 0.3) is 0 Å². The van der Waals surface area contributed by atoms with Crippen LogP contribution in [0.4, 0.5) is 17.3 Å². The number of nitrogens with one attached hydrogen (secondary N) is 1. The minimum absolute atomic E-state index is 0.478. The minimum Gasteiger partial charge on any atom is -0.497 e.